The van der Waals surface area contributed by atoms with Crippen LogP contribution in [0.4, 0.5) is 5.69 Å². The molecular formula is C10H8BrClN2O2S2. The van der Waals surface area contributed by atoms with Crippen LogP contribution in [0.5, 0.6) is 0 Å². The van der Waals surface area contributed by atoms with E-state index in [1.54, 1.807) is 23.7 Å². The van der Waals surface area contributed by atoms with Crippen LogP contribution >= 0.6 is 38.9 Å². The maximum absolute atomic E-state index is 12.1. The third-order valence-electron chi connectivity index (χ3n) is 2.05. The zero-order valence-electron chi connectivity index (χ0n) is 9.15. The average Bonchev–Trinajstić information content (AvgIpc) is 2.70. The number of sulfonamides is 1. The molecular weight excluding hydrogens is 360 g/mol. The Bertz CT molecular complexity index is 685. The fourth-order valence-electron chi connectivity index (χ4n) is 1.29. The Morgan fingerprint density at radius 2 is 2.22 bits per heavy atom. The molecule has 18 heavy (non-hydrogen) atoms. The minimum atomic E-state index is -3.64. The van der Waals surface area contributed by atoms with Gasteiger partial charge in [-0.3, -0.25) is 4.72 Å². The number of rotatable bonds is 3. The fourth-order valence-corrected chi connectivity index (χ4v) is 4.89. The number of hydrogen-bond acceptors (Lipinski definition) is 4. The molecule has 2 heterocycles. The lowest BCUT2D eigenvalue weighted by atomic mass is 10.3. The molecule has 8 heteroatoms. The summed E-state index contributed by atoms with van der Waals surface area (Å²) in [6.07, 6.45) is 1.57. The van der Waals surface area contributed by atoms with Crippen molar-refractivity contribution in [2.75, 3.05) is 4.72 Å². The number of hydrogen-bond donors (Lipinski definition) is 1. The second-order valence-corrected chi connectivity index (χ2v) is 7.52. The van der Waals surface area contributed by atoms with Gasteiger partial charge in [0.1, 0.15) is 0 Å². The molecule has 0 aliphatic heterocycles. The molecule has 0 radical (unpaired) electrons. The van der Waals surface area contributed by atoms with Gasteiger partial charge in [-0.05, 0) is 45.9 Å². The molecule has 0 fully saturated rings. The fraction of sp³-hybridized carbons (Fsp3) is 0.100. The Morgan fingerprint density at radius 3 is 2.83 bits per heavy atom. The smallest absolute Gasteiger partial charge is 0.272 e. The van der Waals surface area contributed by atoms with Crippen molar-refractivity contribution in [1.82, 2.24) is 4.98 Å². The van der Waals surface area contributed by atoms with Crippen LogP contribution in [-0.2, 0) is 10.0 Å². The highest BCUT2D eigenvalue weighted by Gasteiger charge is 2.20. The van der Waals surface area contributed by atoms with Crippen LogP contribution < -0.4 is 4.72 Å². The summed E-state index contributed by atoms with van der Waals surface area (Å²) in [6.45, 7) is 1.81. The van der Waals surface area contributed by atoms with E-state index in [-0.39, 0.29) is 15.0 Å². The zero-order chi connectivity index (χ0) is 13.3. The van der Waals surface area contributed by atoms with Gasteiger partial charge < -0.3 is 0 Å². The van der Waals surface area contributed by atoms with E-state index in [2.05, 4.69) is 25.6 Å². The van der Waals surface area contributed by atoms with Gasteiger partial charge in [-0.2, -0.15) is 0 Å². The first-order valence-corrected chi connectivity index (χ1v) is 8.31. The van der Waals surface area contributed by atoms with Crippen LogP contribution in [0.2, 0.25) is 5.15 Å². The Labute approximate surface area is 122 Å². The van der Waals surface area contributed by atoms with Gasteiger partial charge >= 0.3 is 0 Å². The van der Waals surface area contributed by atoms with E-state index in [1.165, 1.54) is 0 Å². The maximum atomic E-state index is 12.1. The number of nitrogens with one attached hydrogen (secondary N) is 1. The van der Waals surface area contributed by atoms with Crippen LogP contribution in [0.25, 0.3) is 0 Å². The maximum Gasteiger partial charge on any atom is 0.272 e. The molecule has 96 valence electrons. The van der Waals surface area contributed by atoms with Crippen molar-refractivity contribution >= 4 is 54.6 Å². The van der Waals surface area contributed by atoms with Crippen molar-refractivity contribution in [2.24, 2.45) is 0 Å². The van der Waals surface area contributed by atoms with Gasteiger partial charge in [-0.15, -0.1) is 11.3 Å². The summed E-state index contributed by atoms with van der Waals surface area (Å²) >= 11 is 10.2. The van der Waals surface area contributed by atoms with Crippen LogP contribution in [0.15, 0.2) is 32.4 Å². The predicted molar refractivity (Wildman–Crippen MR) is 76.8 cm³/mol. The molecule has 0 aliphatic rings. The monoisotopic (exact) mass is 366 g/mol. The van der Waals surface area contributed by atoms with Gasteiger partial charge in [0.15, 0.2) is 9.36 Å². The number of anilines is 1. The SMILES string of the molecule is Cc1cnc(Cl)c(NS(=O)(=O)c2sccc2Br)c1. The highest BCUT2D eigenvalue weighted by molar-refractivity contribution is 9.10. The van der Waals surface area contributed by atoms with E-state index in [0.29, 0.717) is 4.47 Å². The van der Waals surface area contributed by atoms with E-state index in [0.717, 1.165) is 16.9 Å². The molecule has 2 aromatic heterocycles. The molecule has 0 saturated heterocycles. The number of aryl methyl sites for hydroxylation is 1. The normalized spacial score (nSPS) is 11.5. The number of nitrogens with zero attached hydrogens (tertiary/aromatic N) is 1. The van der Waals surface area contributed by atoms with Crippen LogP contribution in [0.1, 0.15) is 5.56 Å². The van der Waals surface area contributed by atoms with Gasteiger partial charge in [0, 0.05) is 10.7 Å². The summed E-state index contributed by atoms with van der Waals surface area (Å²) in [5.74, 6) is 0. The standard InChI is InChI=1S/C10H8BrClN2O2S2/c1-6-4-8(9(12)13-5-6)14-18(15,16)10-7(11)2-3-17-10/h2-5,14H,1H3. The largest absolute Gasteiger partial charge is 0.276 e. The van der Waals surface area contributed by atoms with Gasteiger partial charge in [-0.25, -0.2) is 13.4 Å². The van der Waals surface area contributed by atoms with Crippen molar-refractivity contribution < 1.29 is 8.42 Å². The summed E-state index contributed by atoms with van der Waals surface area (Å²) in [6, 6.07) is 3.31. The summed E-state index contributed by atoms with van der Waals surface area (Å²) in [5, 5.41) is 1.81. The van der Waals surface area contributed by atoms with Crippen LogP contribution in [-0.4, -0.2) is 13.4 Å². The van der Waals surface area contributed by atoms with Crippen molar-refractivity contribution in [3.8, 4) is 0 Å². The first-order valence-electron chi connectivity index (χ1n) is 4.78. The Balaban J connectivity index is 2.40. The molecule has 4 nitrogen and oxygen atoms in total. The molecule has 0 aliphatic carbocycles. The molecule has 2 aromatic rings. The lowest BCUT2D eigenvalue weighted by Gasteiger charge is -2.08. The van der Waals surface area contributed by atoms with Crippen molar-refractivity contribution in [1.29, 1.82) is 0 Å². The van der Waals surface area contributed by atoms with Gasteiger partial charge in [-0.1, -0.05) is 11.6 Å². The minimum absolute atomic E-state index is 0.122. The van der Waals surface area contributed by atoms with Crippen molar-refractivity contribution in [3.63, 3.8) is 0 Å². The van der Waals surface area contributed by atoms with Crippen molar-refractivity contribution in [2.45, 2.75) is 11.1 Å². The predicted octanol–water partition coefficient (Wildman–Crippen LogP) is 3.67. The minimum Gasteiger partial charge on any atom is -0.276 e. The molecule has 0 spiro atoms. The average molecular weight is 368 g/mol. The Morgan fingerprint density at radius 1 is 1.50 bits per heavy atom. The molecule has 0 atom stereocenters. The highest BCUT2D eigenvalue weighted by atomic mass is 79.9. The third kappa shape index (κ3) is 2.85. The Kier molecular flexibility index (Phi) is 3.96. The summed E-state index contributed by atoms with van der Waals surface area (Å²) in [5.41, 5.74) is 1.10. The topological polar surface area (TPSA) is 59.1 Å². The van der Waals surface area contributed by atoms with Crippen molar-refractivity contribution in [3.05, 3.63) is 38.9 Å². The summed E-state index contributed by atoms with van der Waals surface area (Å²) in [7, 11) is -3.64. The lowest BCUT2D eigenvalue weighted by Crippen LogP contribution is -2.12. The second-order valence-electron chi connectivity index (χ2n) is 3.51. The van der Waals surface area contributed by atoms with E-state index >= 15 is 0 Å². The quantitative estimate of drug-likeness (QED) is 0.842. The molecule has 0 aromatic carbocycles. The first kappa shape index (κ1) is 13.8. The van der Waals surface area contributed by atoms with E-state index < -0.39 is 10.0 Å². The summed E-state index contributed by atoms with van der Waals surface area (Å²) < 4.78 is 27.4. The second kappa shape index (κ2) is 5.16. The Hall–Kier alpha value is -0.630. The van der Waals surface area contributed by atoms with E-state index in [1.807, 2.05) is 6.92 Å². The van der Waals surface area contributed by atoms with E-state index in [9.17, 15) is 8.42 Å². The van der Waals surface area contributed by atoms with Gasteiger partial charge in [0.2, 0.25) is 0 Å². The number of thiophene rings is 1. The molecule has 0 unspecified atom stereocenters. The number of aromatic nitrogens is 1. The van der Waals surface area contributed by atoms with Gasteiger partial charge in [0.05, 0.1) is 5.69 Å². The molecule has 2 rings (SSSR count). The van der Waals surface area contributed by atoms with Crippen LogP contribution in [0, 0.1) is 6.92 Å². The lowest BCUT2D eigenvalue weighted by molar-refractivity contribution is 0.603. The molecule has 0 amide bonds. The zero-order valence-corrected chi connectivity index (χ0v) is 13.1. The molecule has 1 N–H and O–H groups in total. The third-order valence-corrected chi connectivity index (χ3v) is 6.39. The van der Waals surface area contributed by atoms with Gasteiger partial charge in [0.25, 0.3) is 10.0 Å². The molecule has 0 saturated carbocycles. The highest BCUT2D eigenvalue weighted by Crippen LogP contribution is 2.30. The first-order chi connectivity index (χ1) is 8.40. The number of halogens is 2. The van der Waals surface area contributed by atoms with Crippen LogP contribution in [0.3, 0.4) is 0 Å². The number of pyridine rings is 1. The molecule has 0 bridgehead atoms. The summed E-state index contributed by atoms with van der Waals surface area (Å²) in [4.78, 5) is 3.90. The van der Waals surface area contributed by atoms with E-state index in [4.69, 9.17) is 11.6 Å².